The van der Waals surface area contributed by atoms with Crippen molar-refractivity contribution in [2.24, 2.45) is 0 Å². The van der Waals surface area contributed by atoms with E-state index in [2.05, 4.69) is 34.4 Å². The predicted octanol–water partition coefficient (Wildman–Crippen LogP) is 8.15. The summed E-state index contributed by atoms with van der Waals surface area (Å²) >= 11 is 0. The molecule has 0 radical (unpaired) electrons. The van der Waals surface area contributed by atoms with Crippen LogP contribution in [0.15, 0.2) is 54.7 Å². The van der Waals surface area contributed by atoms with Crippen LogP contribution < -0.4 is 10.6 Å². The highest BCUT2D eigenvalue weighted by molar-refractivity contribution is 5.66. The first kappa shape index (κ1) is 23.1. The fraction of sp³-hybridized carbons (Fsp3) is 0.385. The third-order valence-electron chi connectivity index (χ3n) is 6.19. The number of hydrogen-bond donors (Lipinski definition) is 2. The number of halogens is 3. The van der Waals surface area contributed by atoms with Crippen molar-refractivity contribution in [3.63, 3.8) is 0 Å². The molecule has 1 fully saturated rings. The maximum atomic E-state index is 13.7. The second-order valence-corrected chi connectivity index (χ2v) is 8.90. The fourth-order valence-electron chi connectivity index (χ4n) is 4.33. The van der Waals surface area contributed by atoms with Gasteiger partial charge in [-0.2, -0.15) is 18.2 Å². The summed E-state index contributed by atoms with van der Waals surface area (Å²) in [4.78, 5) is 8.15. The minimum Gasteiger partial charge on any atom is -0.339 e. The van der Waals surface area contributed by atoms with Gasteiger partial charge in [0, 0.05) is 17.6 Å². The van der Waals surface area contributed by atoms with Crippen LogP contribution in [0.3, 0.4) is 0 Å². The van der Waals surface area contributed by atoms with Crippen molar-refractivity contribution in [1.29, 1.82) is 0 Å². The summed E-state index contributed by atoms with van der Waals surface area (Å²) in [6.45, 7) is 4.20. The first-order valence-corrected chi connectivity index (χ1v) is 11.5. The molecule has 1 aromatic heterocycles. The van der Waals surface area contributed by atoms with Crippen molar-refractivity contribution >= 4 is 23.1 Å². The molecule has 0 bridgehead atoms. The minimum atomic E-state index is -4.57. The highest BCUT2D eigenvalue weighted by Gasteiger charge is 2.35. The molecule has 0 aliphatic heterocycles. The molecule has 1 heterocycles. The van der Waals surface area contributed by atoms with Gasteiger partial charge in [-0.05, 0) is 54.0 Å². The number of rotatable bonds is 6. The number of anilines is 4. The van der Waals surface area contributed by atoms with Gasteiger partial charge in [0.05, 0.1) is 0 Å². The van der Waals surface area contributed by atoms with Crippen LogP contribution in [-0.4, -0.2) is 9.97 Å². The molecule has 0 unspecified atom stereocenters. The Morgan fingerprint density at radius 2 is 1.61 bits per heavy atom. The molecule has 1 saturated carbocycles. The molecule has 0 amide bonds. The van der Waals surface area contributed by atoms with Crippen LogP contribution in [0.25, 0.3) is 0 Å². The van der Waals surface area contributed by atoms with Crippen molar-refractivity contribution in [3.8, 4) is 0 Å². The average Bonchev–Trinajstić information content (AvgIpc) is 2.80. The third kappa shape index (κ3) is 5.64. The molecule has 2 aromatic carbocycles. The van der Waals surface area contributed by atoms with E-state index < -0.39 is 11.7 Å². The Bertz CT molecular complexity index is 1070. The summed E-state index contributed by atoms with van der Waals surface area (Å²) in [6, 6.07) is 15.3. The molecule has 33 heavy (non-hydrogen) atoms. The van der Waals surface area contributed by atoms with Crippen molar-refractivity contribution in [1.82, 2.24) is 9.97 Å². The lowest BCUT2D eigenvalue weighted by Crippen LogP contribution is -2.14. The standard InChI is InChI=1S/C26H29F3N4/c1-17(2)18-12-14-20(15-13-18)31-25-30-16-22(26(27,28)29)24(33-25)32-23-11-7-6-10-21(23)19-8-4-3-5-9-19/h6-7,10-17,19H,3-5,8-9H2,1-2H3,(H2,30,31,32,33). The molecule has 1 aliphatic carbocycles. The van der Waals surface area contributed by atoms with Crippen LogP contribution in [0, 0.1) is 0 Å². The molecule has 0 atom stereocenters. The summed E-state index contributed by atoms with van der Waals surface area (Å²) in [5.74, 6) is 0.595. The number of aromatic nitrogens is 2. The van der Waals surface area contributed by atoms with Gasteiger partial charge in [0.1, 0.15) is 11.4 Å². The molecule has 3 aromatic rings. The van der Waals surface area contributed by atoms with Gasteiger partial charge < -0.3 is 10.6 Å². The number of alkyl halides is 3. The van der Waals surface area contributed by atoms with Crippen LogP contribution in [0.2, 0.25) is 0 Å². The Morgan fingerprint density at radius 3 is 2.27 bits per heavy atom. The van der Waals surface area contributed by atoms with E-state index in [0.717, 1.165) is 37.4 Å². The quantitative estimate of drug-likeness (QED) is 0.394. The number of hydrogen-bond acceptors (Lipinski definition) is 4. The van der Waals surface area contributed by atoms with Crippen LogP contribution in [-0.2, 0) is 6.18 Å². The van der Waals surface area contributed by atoms with E-state index in [0.29, 0.717) is 23.2 Å². The Kier molecular flexibility index (Phi) is 6.86. The van der Waals surface area contributed by atoms with Gasteiger partial charge in [-0.15, -0.1) is 0 Å². The fourth-order valence-corrected chi connectivity index (χ4v) is 4.33. The van der Waals surface area contributed by atoms with E-state index in [-0.39, 0.29) is 11.8 Å². The maximum Gasteiger partial charge on any atom is 0.421 e. The van der Waals surface area contributed by atoms with Gasteiger partial charge in [-0.3, -0.25) is 0 Å². The number of benzene rings is 2. The molecule has 0 spiro atoms. The second kappa shape index (κ2) is 9.81. The average molecular weight is 455 g/mol. The van der Waals surface area contributed by atoms with Gasteiger partial charge in [-0.25, -0.2) is 4.98 Å². The number of nitrogens with zero attached hydrogens (tertiary/aromatic N) is 2. The van der Waals surface area contributed by atoms with Crippen LogP contribution in [0.4, 0.5) is 36.3 Å². The Labute approximate surface area is 192 Å². The highest BCUT2D eigenvalue weighted by atomic mass is 19.4. The SMILES string of the molecule is CC(C)c1ccc(Nc2ncc(C(F)(F)F)c(Nc3ccccc3C3CCCCC3)n2)cc1. The van der Waals surface area contributed by atoms with Crippen LogP contribution >= 0.6 is 0 Å². The summed E-state index contributed by atoms with van der Waals surface area (Å²) in [7, 11) is 0. The topological polar surface area (TPSA) is 49.8 Å². The van der Waals surface area contributed by atoms with Gasteiger partial charge >= 0.3 is 6.18 Å². The number of nitrogens with one attached hydrogen (secondary N) is 2. The first-order chi connectivity index (χ1) is 15.8. The normalized spacial score (nSPS) is 15.0. The van der Waals surface area contributed by atoms with Crippen molar-refractivity contribution < 1.29 is 13.2 Å². The molecule has 2 N–H and O–H groups in total. The molecular weight excluding hydrogens is 425 g/mol. The second-order valence-electron chi connectivity index (χ2n) is 8.90. The van der Waals surface area contributed by atoms with E-state index >= 15 is 0 Å². The lowest BCUT2D eigenvalue weighted by Gasteiger charge is -2.25. The lowest BCUT2D eigenvalue weighted by atomic mass is 9.83. The van der Waals surface area contributed by atoms with E-state index in [4.69, 9.17) is 0 Å². The zero-order valence-corrected chi connectivity index (χ0v) is 18.9. The zero-order valence-electron chi connectivity index (χ0n) is 18.9. The summed E-state index contributed by atoms with van der Waals surface area (Å²) in [6.07, 6.45) is 1.86. The maximum absolute atomic E-state index is 13.7. The first-order valence-electron chi connectivity index (χ1n) is 11.5. The molecular formula is C26H29F3N4. The summed E-state index contributed by atoms with van der Waals surface area (Å²) < 4.78 is 41.2. The Morgan fingerprint density at radius 1 is 0.909 bits per heavy atom. The Hall–Kier alpha value is -3.09. The van der Waals surface area contributed by atoms with Crippen molar-refractivity contribution in [2.75, 3.05) is 10.6 Å². The molecule has 174 valence electrons. The largest absolute Gasteiger partial charge is 0.421 e. The summed E-state index contributed by atoms with van der Waals surface area (Å²) in [5.41, 5.74) is 2.72. The third-order valence-corrected chi connectivity index (χ3v) is 6.19. The Balaban J connectivity index is 1.64. The molecule has 0 saturated heterocycles. The van der Waals surface area contributed by atoms with E-state index in [1.54, 1.807) is 0 Å². The summed E-state index contributed by atoms with van der Waals surface area (Å²) in [5, 5.41) is 6.01. The van der Waals surface area contributed by atoms with Crippen molar-refractivity contribution in [3.05, 3.63) is 71.4 Å². The molecule has 4 nitrogen and oxygen atoms in total. The zero-order chi connectivity index (χ0) is 23.4. The van der Waals surface area contributed by atoms with Crippen molar-refractivity contribution in [2.45, 2.75) is 64.0 Å². The van der Waals surface area contributed by atoms with Gasteiger partial charge in [0.25, 0.3) is 0 Å². The van der Waals surface area contributed by atoms with Crippen LogP contribution in [0.1, 0.15) is 74.5 Å². The predicted molar refractivity (Wildman–Crippen MR) is 126 cm³/mol. The molecule has 4 rings (SSSR count). The van der Waals surface area contributed by atoms with E-state index in [1.807, 2.05) is 48.5 Å². The molecule has 7 heteroatoms. The van der Waals surface area contributed by atoms with E-state index in [9.17, 15) is 13.2 Å². The number of para-hydroxylation sites is 1. The monoisotopic (exact) mass is 454 g/mol. The minimum absolute atomic E-state index is 0.109. The van der Waals surface area contributed by atoms with Gasteiger partial charge in [0.15, 0.2) is 0 Å². The van der Waals surface area contributed by atoms with E-state index in [1.165, 1.54) is 12.0 Å². The highest BCUT2D eigenvalue weighted by Crippen LogP contribution is 2.39. The lowest BCUT2D eigenvalue weighted by molar-refractivity contribution is -0.137. The molecule has 1 aliphatic rings. The smallest absolute Gasteiger partial charge is 0.339 e. The van der Waals surface area contributed by atoms with Gasteiger partial charge in [0.2, 0.25) is 5.95 Å². The van der Waals surface area contributed by atoms with Gasteiger partial charge in [-0.1, -0.05) is 63.4 Å². The van der Waals surface area contributed by atoms with Crippen LogP contribution in [0.5, 0.6) is 0 Å².